The Kier molecular flexibility index (Phi) is 4.12. The summed E-state index contributed by atoms with van der Waals surface area (Å²) >= 11 is 0. The van der Waals surface area contributed by atoms with Gasteiger partial charge in [-0.05, 0) is 42.7 Å². The Morgan fingerprint density at radius 2 is 1.80 bits per heavy atom. The van der Waals surface area contributed by atoms with E-state index in [1.807, 2.05) is 53.1 Å². The van der Waals surface area contributed by atoms with E-state index in [2.05, 4.69) is 11.0 Å². The van der Waals surface area contributed by atoms with E-state index >= 15 is 0 Å². The molecular weight excluding hydrogens is 314 g/mol. The number of rotatable bonds is 3. The summed E-state index contributed by atoms with van der Waals surface area (Å²) < 4.78 is 7.18. The normalized spacial score (nSPS) is 16.1. The first-order valence-corrected chi connectivity index (χ1v) is 8.56. The lowest BCUT2D eigenvalue weighted by atomic mass is 10.0. The third kappa shape index (κ3) is 3.09. The molecule has 1 aliphatic rings. The Balaban J connectivity index is 1.45. The Bertz CT molecular complexity index is 971. The molecule has 5 heteroatoms. The van der Waals surface area contributed by atoms with E-state index in [1.54, 1.807) is 0 Å². The molecule has 4 rings (SSSR count). The summed E-state index contributed by atoms with van der Waals surface area (Å²) in [4.78, 5) is 14.6. The van der Waals surface area contributed by atoms with Crippen molar-refractivity contribution in [3.63, 3.8) is 0 Å². The Morgan fingerprint density at radius 1 is 1.08 bits per heavy atom. The SMILES string of the molecule is N#Cc1ccc(CN2CCC(n3c(=O)oc4ccccc43)CC2)cc1. The predicted molar refractivity (Wildman–Crippen MR) is 95.2 cm³/mol. The van der Waals surface area contributed by atoms with Crippen molar-refractivity contribution in [1.82, 2.24) is 9.47 Å². The van der Waals surface area contributed by atoms with Crippen LogP contribution in [0.5, 0.6) is 0 Å². The maximum Gasteiger partial charge on any atom is 0.420 e. The number of benzene rings is 2. The van der Waals surface area contributed by atoms with Gasteiger partial charge in [-0.2, -0.15) is 5.26 Å². The standard InChI is InChI=1S/C20H19N3O2/c21-13-15-5-7-16(8-6-15)14-22-11-9-17(10-12-22)23-18-3-1-2-4-19(18)25-20(23)24/h1-8,17H,9-12,14H2. The number of hydrogen-bond donors (Lipinski definition) is 0. The minimum absolute atomic E-state index is 0.188. The highest BCUT2D eigenvalue weighted by Gasteiger charge is 2.24. The van der Waals surface area contributed by atoms with E-state index in [0.29, 0.717) is 11.1 Å². The molecule has 25 heavy (non-hydrogen) atoms. The summed E-state index contributed by atoms with van der Waals surface area (Å²) in [6, 6.07) is 17.7. The van der Waals surface area contributed by atoms with Crippen LogP contribution in [0.4, 0.5) is 0 Å². The molecule has 0 aliphatic carbocycles. The quantitative estimate of drug-likeness (QED) is 0.738. The van der Waals surface area contributed by atoms with Crippen LogP contribution >= 0.6 is 0 Å². The molecular formula is C20H19N3O2. The van der Waals surface area contributed by atoms with Crippen LogP contribution in [-0.4, -0.2) is 22.6 Å². The lowest BCUT2D eigenvalue weighted by molar-refractivity contribution is 0.177. The number of aromatic nitrogens is 1. The smallest absolute Gasteiger partial charge is 0.408 e. The molecule has 0 N–H and O–H groups in total. The van der Waals surface area contributed by atoms with Crippen molar-refractivity contribution in [2.75, 3.05) is 13.1 Å². The van der Waals surface area contributed by atoms with Crippen molar-refractivity contribution < 1.29 is 4.42 Å². The molecule has 1 fully saturated rings. The van der Waals surface area contributed by atoms with Gasteiger partial charge in [0.25, 0.3) is 0 Å². The number of nitrogens with zero attached hydrogens (tertiary/aromatic N) is 3. The van der Waals surface area contributed by atoms with E-state index in [0.717, 1.165) is 38.0 Å². The van der Waals surface area contributed by atoms with Crippen molar-refractivity contribution >= 4 is 11.1 Å². The molecule has 2 aromatic carbocycles. The summed E-state index contributed by atoms with van der Waals surface area (Å²) in [6.07, 6.45) is 1.86. The van der Waals surface area contributed by atoms with E-state index < -0.39 is 0 Å². The molecule has 5 nitrogen and oxygen atoms in total. The summed E-state index contributed by atoms with van der Waals surface area (Å²) in [6.45, 7) is 2.76. The zero-order valence-corrected chi connectivity index (χ0v) is 13.9. The van der Waals surface area contributed by atoms with Crippen LogP contribution in [0.2, 0.25) is 0 Å². The van der Waals surface area contributed by atoms with Crippen LogP contribution < -0.4 is 5.76 Å². The van der Waals surface area contributed by atoms with Gasteiger partial charge in [-0.3, -0.25) is 9.47 Å². The average molecular weight is 333 g/mol. The fourth-order valence-electron chi connectivity index (χ4n) is 3.61. The van der Waals surface area contributed by atoms with Crippen LogP contribution in [0.25, 0.3) is 11.1 Å². The molecule has 0 bridgehead atoms. The number of nitriles is 1. The van der Waals surface area contributed by atoms with Gasteiger partial charge in [-0.15, -0.1) is 0 Å². The summed E-state index contributed by atoms with van der Waals surface area (Å²) in [5.41, 5.74) is 3.45. The maximum absolute atomic E-state index is 12.2. The lowest BCUT2D eigenvalue weighted by Gasteiger charge is -2.32. The van der Waals surface area contributed by atoms with Crippen molar-refractivity contribution in [3.8, 4) is 6.07 Å². The lowest BCUT2D eigenvalue weighted by Crippen LogP contribution is -2.36. The molecule has 0 radical (unpaired) electrons. The highest BCUT2D eigenvalue weighted by atomic mass is 16.4. The van der Waals surface area contributed by atoms with E-state index in [1.165, 1.54) is 5.56 Å². The second-order valence-electron chi connectivity index (χ2n) is 6.52. The molecule has 3 aromatic rings. The third-order valence-corrected chi connectivity index (χ3v) is 4.93. The van der Waals surface area contributed by atoms with Crippen LogP contribution in [0.15, 0.2) is 57.7 Å². The number of hydrogen-bond acceptors (Lipinski definition) is 4. The van der Waals surface area contributed by atoms with Gasteiger partial charge in [0.1, 0.15) is 0 Å². The topological polar surface area (TPSA) is 62.2 Å². The molecule has 1 aromatic heterocycles. The average Bonchev–Trinajstić information content (AvgIpc) is 2.99. The van der Waals surface area contributed by atoms with Gasteiger partial charge in [-0.25, -0.2) is 4.79 Å². The molecule has 2 heterocycles. The maximum atomic E-state index is 12.2. The fourth-order valence-corrected chi connectivity index (χ4v) is 3.61. The van der Waals surface area contributed by atoms with Crippen LogP contribution in [0, 0.1) is 11.3 Å². The highest BCUT2D eigenvalue weighted by Crippen LogP contribution is 2.26. The Morgan fingerprint density at radius 3 is 2.52 bits per heavy atom. The van der Waals surface area contributed by atoms with Crippen molar-refractivity contribution in [2.24, 2.45) is 0 Å². The monoisotopic (exact) mass is 333 g/mol. The van der Waals surface area contributed by atoms with Crippen LogP contribution in [0.1, 0.15) is 30.0 Å². The molecule has 1 saturated heterocycles. The minimum atomic E-state index is -0.258. The van der Waals surface area contributed by atoms with Gasteiger partial charge in [-0.1, -0.05) is 24.3 Å². The minimum Gasteiger partial charge on any atom is -0.408 e. The second kappa shape index (κ2) is 6.58. The molecule has 126 valence electrons. The number of piperidine rings is 1. The number of fused-ring (bicyclic) bond motifs is 1. The first kappa shape index (κ1) is 15.7. The molecule has 0 saturated carbocycles. The van der Waals surface area contributed by atoms with E-state index in [-0.39, 0.29) is 11.8 Å². The Labute approximate surface area is 145 Å². The van der Waals surface area contributed by atoms with Gasteiger partial charge in [0.05, 0.1) is 17.1 Å². The largest absolute Gasteiger partial charge is 0.420 e. The van der Waals surface area contributed by atoms with Gasteiger partial charge >= 0.3 is 5.76 Å². The van der Waals surface area contributed by atoms with Gasteiger partial charge in [0, 0.05) is 25.7 Å². The number of para-hydroxylation sites is 2. The molecule has 1 aliphatic heterocycles. The number of oxazole rings is 1. The molecule has 0 unspecified atom stereocenters. The first-order chi connectivity index (χ1) is 12.2. The van der Waals surface area contributed by atoms with Crippen molar-refractivity contribution in [1.29, 1.82) is 5.26 Å². The van der Waals surface area contributed by atoms with Crippen LogP contribution in [0.3, 0.4) is 0 Å². The van der Waals surface area contributed by atoms with Crippen molar-refractivity contribution in [2.45, 2.75) is 25.4 Å². The van der Waals surface area contributed by atoms with E-state index in [4.69, 9.17) is 9.68 Å². The summed E-state index contributed by atoms with van der Waals surface area (Å²) in [5, 5.41) is 8.87. The zero-order valence-electron chi connectivity index (χ0n) is 13.9. The molecule has 0 spiro atoms. The predicted octanol–water partition coefficient (Wildman–Crippen LogP) is 3.30. The van der Waals surface area contributed by atoms with E-state index in [9.17, 15) is 4.79 Å². The first-order valence-electron chi connectivity index (χ1n) is 8.56. The third-order valence-electron chi connectivity index (χ3n) is 4.93. The van der Waals surface area contributed by atoms with Gasteiger partial charge in [0.15, 0.2) is 5.58 Å². The molecule has 0 amide bonds. The molecule has 0 atom stereocenters. The highest BCUT2D eigenvalue weighted by molar-refractivity contribution is 5.72. The van der Waals surface area contributed by atoms with Crippen molar-refractivity contribution in [3.05, 3.63) is 70.2 Å². The second-order valence-corrected chi connectivity index (χ2v) is 6.52. The summed E-state index contributed by atoms with van der Waals surface area (Å²) in [7, 11) is 0. The van der Waals surface area contributed by atoms with Gasteiger partial charge in [0.2, 0.25) is 0 Å². The van der Waals surface area contributed by atoms with Crippen LogP contribution in [-0.2, 0) is 6.54 Å². The number of likely N-dealkylation sites (tertiary alicyclic amines) is 1. The zero-order chi connectivity index (χ0) is 17.2. The fraction of sp³-hybridized carbons (Fsp3) is 0.300. The summed E-state index contributed by atoms with van der Waals surface area (Å²) in [5.74, 6) is -0.258. The Hall–Kier alpha value is -2.84. The van der Waals surface area contributed by atoms with Gasteiger partial charge < -0.3 is 4.42 Å².